The zero-order chi connectivity index (χ0) is 11.0. The molecule has 1 N–H and O–H groups in total. The molecule has 0 spiro atoms. The van der Waals surface area contributed by atoms with Crippen molar-refractivity contribution >= 4 is 0 Å². The van der Waals surface area contributed by atoms with Crippen LogP contribution in [-0.2, 0) is 0 Å². The molecule has 0 fully saturated rings. The molecule has 14 heavy (non-hydrogen) atoms. The number of nitrogens with one attached hydrogen (secondary N) is 1. The molecule has 0 saturated carbocycles. The Bertz CT molecular complexity index is 179. The summed E-state index contributed by atoms with van der Waals surface area (Å²) in [6.45, 7) is 10.7. The van der Waals surface area contributed by atoms with Crippen molar-refractivity contribution in [3.05, 3.63) is 0 Å². The van der Waals surface area contributed by atoms with E-state index in [0.717, 1.165) is 19.5 Å². The van der Waals surface area contributed by atoms with Crippen molar-refractivity contribution in [3.63, 3.8) is 0 Å². The second-order valence-electron chi connectivity index (χ2n) is 4.78. The second kappa shape index (κ2) is 6.84. The Labute approximate surface area is 88.7 Å². The van der Waals surface area contributed by atoms with Crippen molar-refractivity contribution in [2.75, 3.05) is 13.1 Å². The minimum atomic E-state index is 0.174. The molecule has 0 heterocycles. The minimum Gasteiger partial charge on any atom is -0.315 e. The van der Waals surface area contributed by atoms with Gasteiger partial charge in [0, 0.05) is 13.1 Å². The Morgan fingerprint density at radius 1 is 1.36 bits per heavy atom. The highest BCUT2D eigenvalue weighted by molar-refractivity contribution is 4.84. The summed E-state index contributed by atoms with van der Waals surface area (Å²) in [5, 5.41) is 12.2. The Kier molecular flexibility index (Phi) is 6.57. The fourth-order valence-electron chi connectivity index (χ4n) is 1.63. The van der Waals surface area contributed by atoms with E-state index < -0.39 is 0 Å². The Balaban J connectivity index is 3.67. The normalized spacial score (nSPS) is 13.6. The van der Waals surface area contributed by atoms with Gasteiger partial charge in [-0.2, -0.15) is 5.26 Å². The predicted octanol–water partition coefficient (Wildman–Crippen LogP) is 2.95. The third-order valence-electron chi connectivity index (χ3n) is 2.60. The van der Waals surface area contributed by atoms with E-state index in [4.69, 9.17) is 5.26 Å². The number of hydrogen-bond donors (Lipinski definition) is 1. The van der Waals surface area contributed by atoms with Crippen LogP contribution >= 0.6 is 0 Å². The van der Waals surface area contributed by atoms with Gasteiger partial charge >= 0.3 is 0 Å². The molecule has 1 atom stereocenters. The van der Waals surface area contributed by atoms with Crippen LogP contribution in [0.5, 0.6) is 0 Å². The first-order valence-corrected chi connectivity index (χ1v) is 5.66. The standard InChI is InChI=1S/C12H24N2/c1-5-7-12(3,4)10-14-9-11(6-2)8-13/h11,14H,5-7,9-10H2,1-4H3. The smallest absolute Gasteiger partial charge is 0.0669 e. The van der Waals surface area contributed by atoms with Crippen LogP contribution < -0.4 is 5.32 Å². The van der Waals surface area contributed by atoms with E-state index in [2.05, 4.69) is 39.1 Å². The van der Waals surface area contributed by atoms with Crippen LogP contribution in [0.3, 0.4) is 0 Å². The number of nitrogens with zero attached hydrogens (tertiary/aromatic N) is 1. The summed E-state index contributed by atoms with van der Waals surface area (Å²) < 4.78 is 0. The van der Waals surface area contributed by atoms with Crippen LogP contribution in [0.25, 0.3) is 0 Å². The third kappa shape index (κ3) is 5.99. The first kappa shape index (κ1) is 13.4. The molecule has 0 aliphatic rings. The third-order valence-corrected chi connectivity index (χ3v) is 2.60. The van der Waals surface area contributed by atoms with Crippen molar-refractivity contribution in [1.82, 2.24) is 5.32 Å². The van der Waals surface area contributed by atoms with Gasteiger partial charge in [0.2, 0.25) is 0 Å². The molecule has 0 bridgehead atoms. The topological polar surface area (TPSA) is 35.8 Å². The van der Waals surface area contributed by atoms with E-state index in [0.29, 0.717) is 5.41 Å². The molecule has 0 rings (SSSR count). The van der Waals surface area contributed by atoms with Crippen molar-refractivity contribution < 1.29 is 0 Å². The summed E-state index contributed by atoms with van der Waals surface area (Å²) in [5.74, 6) is 0.174. The van der Waals surface area contributed by atoms with Gasteiger partial charge in [-0.25, -0.2) is 0 Å². The molecule has 0 amide bonds. The summed E-state index contributed by atoms with van der Waals surface area (Å²) in [7, 11) is 0. The van der Waals surface area contributed by atoms with Gasteiger partial charge in [-0.05, 0) is 18.3 Å². The van der Waals surface area contributed by atoms with E-state index in [9.17, 15) is 0 Å². The minimum absolute atomic E-state index is 0.174. The van der Waals surface area contributed by atoms with Gasteiger partial charge in [0.15, 0.2) is 0 Å². The van der Waals surface area contributed by atoms with Gasteiger partial charge in [0.25, 0.3) is 0 Å². The lowest BCUT2D eigenvalue weighted by molar-refractivity contribution is 0.306. The maximum Gasteiger partial charge on any atom is 0.0669 e. The molecule has 82 valence electrons. The first-order valence-electron chi connectivity index (χ1n) is 5.66. The van der Waals surface area contributed by atoms with E-state index in [-0.39, 0.29) is 5.92 Å². The van der Waals surface area contributed by atoms with E-state index in [1.165, 1.54) is 12.8 Å². The maximum absolute atomic E-state index is 8.77. The maximum atomic E-state index is 8.77. The zero-order valence-electron chi connectivity index (χ0n) is 10.1. The highest BCUT2D eigenvalue weighted by Gasteiger charge is 2.16. The molecule has 2 heteroatoms. The molecule has 0 aromatic carbocycles. The molecular weight excluding hydrogens is 172 g/mol. The molecule has 0 radical (unpaired) electrons. The average molecular weight is 196 g/mol. The molecule has 0 aromatic rings. The van der Waals surface area contributed by atoms with Gasteiger partial charge in [-0.15, -0.1) is 0 Å². The summed E-state index contributed by atoms with van der Waals surface area (Å²) in [6.07, 6.45) is 3.41. The fourth-order valence-corrected chi connectivity index (χ4v) is 1.63. The molecule has 0 aliphatic heterocycles. The fraction of sp³-hybridized carbons (Fsp3) is 0.917. The Morgan fingerprint density at radius 3 is 2.43 bits per heavy atom. The van der Waals surface area contributed by atoms with Crippen molar-refractivity contribution in [3.8, 4) is 6.07 Å². The van der Waals surface area contributed by atoms with Gasteiger partial charge in [-0.1, -0.05) is 34.1 Å². The molecule has 0 aliphatic carbocycles. The van der Waals surface area contributed by atoms with Crippen LogP contribution in [0.15, 0.2) is 0 Å². The molecular formula is C12H24N2. The quantitative estimate of drug-likeness (QED) is 0.679. The van der Waals surface area contributed by atoms with Gasteiger partial charge in [0.1, 0.15) is 0 Å². The SMILES string of the molecule is CCCC(C)(C)CNCC(C#N)CC. The van der Waals surface area contributed by atoms with Gasteiger partial charge in [-0.3, -0.25) is 0 Å². The van der Waals surface area contributed by atoms with Crippen LogP contribution in [0, 0.1) is 22.7 Å². The van der Waals surface area contributed by atoms with Gasteiger partial charge < -0.3 is 5.32 Å². The Hall–Kier alpha value is -0.550. The second-order valence-corrected chi connectivity index (χ2v) is 4.78. The molecule has 0 aromatic heterocycles. The van der Waals surface area contributed by atoms with Crippen molar-refractivity contribution in [2.24, 2.45) is 11.3 Å². The summed E-state index contributed by atoms with van der Waals surface area (Å²) in [4.78, 5) is 0. The number of rotatable bonds is 7. The Morgan fingerprint density at radius 2 is 2.00 bits per heavy atom. The van der Waals surface area contributed by atoms with Crippen molar-refractivity contribution in [1.29, 1.82) is 5.26 Å². The van der Waals surface area contributed by atoms with Crippen LogP contribution in [0.1, 0.15) is 47.0 Å². The monoisotopic (exact) mass is 196 g/mol. The largest absolute Gasteiger partial charge is 0.315 e. The highest BCUT2D eigenvalue weighted by Crippen LogP contribution is 2.20. The molecule has 0 saturated heterocycles. The first-order chi connectivity index (χ1) is 6.55. The van der Waals surface area contributed by atoms with E-state index in [1.807, 2.05) is 0 Å². The number of nitriles is 1. The van der Waals surface area contributed by atoms with E-state index >= 15 is 0 Å². The molecule has 1 unspecified atom stereocenters. The average Bonchev–Trinajstić information content (AvgIpc) is 2.12. The van der Waals surface area contributed by atoms with E-state index in [1.54, 1.807) is 0 Å². The number of hydrogen-bond acceptors (Lipinski definition) is 2. The summed E-state index contributed by atoms with van der Waals surface area (Å²) in [6, 6.07) is 2.31. The highest BCUT2D eigenvalue weighted by atomic mass is 14.9. The van der Waals surface area contributed by atoms with Crippen LogP contribution in [0.4, 0.5) is 0 Å². The van der Waals surface area contributed by atoms with Crippen LogP contribution in [-0.4, -0.2) is 13.1 Å². The van der Waals surface area contributed by atoms with Crippen molar-refractivity contribution in [2.45, 2.75) is 47.0 Å². The van der Waals surface area contributed by atoms with Crippen LogP contribution in [0.2, 0.25) is 0 Å². The zero-order valence-corrected chi connectivity index (χ0v) is 10.1. The van der Waals surface area contributed by atoms with Gasteiger partial charge in [0.05, 0.1) is 12.0 Å². The summed E-state index contributed by atoms with van der Waals surface area (Å²) >= 11 is 0. The summed E-state index contributed by atoms with van der Waals surface area (Å²) in [5.41, 5.74) is 0.364. The lowest BCUT2D eigenvalue weighted by atomic mass is 9.88. The predicted molar refractivity (Wildman–Crippen MR) is 61.0 cm³/mol. The lowest BCUT2D eigenvalue weighted by Gasteiger charge is -2.24. The molecule has 2 nitrogen and oxygen atoms in total. The lowest BCUT2D eigenvalue weighted by Crippen LogP contribution is -2.32.